The van der Waals surface area contributed by atoms with Crippen LogP contribution in [-0.4, -0.2) is 42.3 Å². The Labute approximate surface area is 211 Å². The highest BCUT2D eigenvalue weighted by atomic mass is 16.6. The summed E-state index contributed by atoms with van der Waals surface area (Å²) >= 11 is 0. The summed E-state index contributed by atoms with van der Waals surface area (Å²) in [7, 11) is 1.42. The number of aliphatic hydroxyl groups excluding tert-OH is 1. The second-order valence-corrected chi connectivity index (χ2v) is 8.99. The minimum Gasteiger partial charge on any atom is -0.495 e. The first-order valence-corrected chi connectivity index (χ1v) is 11.8. The van der Waals surface area contributed by atoms with Crippen LogP contribution in [0.25, 0.3) is 0 Å². The Kier molecular flexibility index (Phi) is 8.77. The molecule has 2 aromatic carbocycles. The zero-order chi connectivity index (χ0) is 26.4. The van der Waals surface area contributed by atoms with Gasteiger partial charge in [0.15, 0.2) is 11.5 Å². The number of fused-ring (bicyclic) bond motifs is 2. The number of rotatable bonds is 9. The minimum atomic E-state index is -0.837. The van der Waals surface area contributed by atoms with Crippen LogP contribution in [0.1, 0.15) is 53.4 Å². The van der Waals surface area contributed by atoms with Crippen molar-refractivity contribution in [3.05, 3.63) is 71.8 Å². The van der Waals surface area contributed by atoms with Crippen LogP contribution < -0.4 is 14.2 Å². The molecule has 0 unspecified atom stereocenters. The molecule has 1 heterocycles. The maximum atomic E-state index is 13.1. The number of methoxy groups -OCH3 is 1. The largest absolute Gasteiger partial charge is 0.495 e. The first-order chi connectivity index (χ1) is 17.2. The number of cyclic esters (lactones) is 1. The normalized spacial score (nSPS) is 13.2. The van der Waals surface area contributed by atoms with Crippen molar-refractivity contribution in [1.82, 2.24) is 4.90 Å². The Balaban J connectivity index is 2.08. The van der Waals surface area contributed by atoms with E-state index >= 15 is 0 Å². The number of ether oxygens (including phenoxy) is 4. The summed E-state index contributed by atoms with van der Waals surface area (Å²) in [6.07, 6.45) is 2.23. The average molecular weight is 496 g/mol. The van der Waals surface area contributed by atoms with Crippen LogP contribution >= 0.6 is 0 Å². The number of carbonyl (C=O) groups excluding carboxylic acids is 2. The molecule has 2 aromatic rings. The lowest BCUT2D eigenvalue weighted by Crippen LogP contribution is -2.34. The third kappa shape index (κ3) is 5.88. The molecule has 1 atom stereocenters. The monoisotopic (exact) mass is 495 g/mol. The molecule has 1 aliphatic rings. The van der Waals surface area contributed by atoms with Crippen LogP contribution in [0.15, 0.2) is 49.6 Å². The van der Waals surface area contributed by atoms with Crippen molar-refractivity contribution >= 4 is 12.1 Å². The third-order valence-corrected chi connectivity index (χ3v) is 5.61. The van der Waals surface area contributed by atoms with E-state index in [4.69, 9.17) is 18.9 Å². The number of carbonyl (C=O) groups is 2. The van der Waals surface area contributed by atoms with Gasteiger partial charge >= 0.3 is 12.1 Å². The second-order valence-electron chi connectivity index (χ2n) is 8.99. The summed E-state index contributed by atoms with van der Waals surface area (Å²) < 4.78 is 23.0. The van der Waals surface area contributed by atoms with E-state index in [0.29, 0.717) is 17.5 Å². The van der Waals surface area contributed by atoms with Crippen LogP contribution in [0.3, 0.4) is 0 Å². The van der Waals surface area contributed by atoms with Crippen LogP contribution in [-0.2, 0) is 11.3 Å². The van der Waals surface area contributed by atoms with Crippen molar-refractivity contribution in [3.8, 4) is 23.0 Å². The molecule has 0 fully saturated rings. The van der Waals surface area contributed by atoms with E-state index in [9.17, 15) is 14.7 Å². The third-order valence-electron chi connectivity index (χ3n) is 5.61. The minimum absolute atomic E-state index is 0.0567. The van der Waals surface area contributed by atoms with Crippen molar-refractivity contribution in [2.24, 2.45) is 5.92 Å². The lowest BCUT2D eigenvalue weighted by atomic mass is 9.96. The predicted molar refractivity (Wildman–Crippen MR) is 136 cm³/mol. The maximum Gasteiger partial charge on any atom is 0.415 e. The highest BCUT2D eigenvalue weighted by Crippen LogP contribution is 2.44. The van der Waals surface area contributed by atoms with Gasteiger partial charge in [0.1, 0.15) is 23.7 Å². The standard InChI is InChI=1S/C28H33NO7/c1-7-11-29(12-8-2)28(32)36-23-15-18(5)14-19-16-34-27(31)24-22(35-25(19)23)10-9-20(26(24)33-6)21(30)13-17(3)4/h7-10,14-15,17,21,30H,1-2,11-13,16H2,3-6H3/t21-/m0/s1. The smallest absolute Gasteiger partial charge is 0.415 e. The van der Waals surface area contributed by atoms with Crippen LogP contribution in [0.2, 0.25) is 0 Å². The average Bonchev–Trinajstić information content (AvgIpc) is 2.82. The van der Waals surface area contributed by atoms with Gasteiger partial charge in [-0.15, -0.1) is 13.2 Å². The fraction of sp³-hybridized carbons (Fsp3) is 0.357. The zero-order valence-corrected chi connectivity index (χ0v) is 21.2. The van der Waals surface area contributed by atoms with Gasteiger partial charge in [-0.2, -0.15) is 0 Å². The maximum absolute atomic E-state index is 13.1. The van der Waals surface area contributed by atoms with Gasteiger partial charge in [-0.1, -0.05) is 26.0 Å². The molecule has 3 rings (SSSR count). The number of esters is 1. The van der Waals surface area contributed by atoms with E-state index < -0.39 is 18.2 Å². The van der Waals surface area contributed by atoms with Crippen molar-refractivity contribution in [3.63, 3.8) is 0 Å². The van der Waals surface area contributed by atoms with Gasteiger partial charge in [-0.25, -0.2) is 9.59 Å². The molecule has 1 N–H and O–H groups in total. The Hall–Kier alpha value is -3.78. The van der Waals surface area contributed by atoms with Gasteiger partial charge in [0.05, 0.1) is 13.2 Å². The summed E-state index contributed by atoms with van der Waals surface area (Å²) in [5.74, 6) is 0.354. The molecule has 0 aromatic heterocycles. The molecule has 8 heteroatoms. The number of hydrogen-bond donors (Lipinski definition) is 1. The van der Waals surface area contributed by atoms with Crippen molar-refractivity contribution in [1.29, 1.82) is 0 Å². The van der Waals surface area contributed by atoms with Crippen molar-refractivity contribution < 1.29 is 33.6 Å². The number of hydrogen-bond acceptors (Lipinski definition) is 7. The molecule has 0 spiro atoms. The van der Waals surface area contributed by atoms with Crippen molar-refractivity contribution in [2.45, 2.75) is 39.9 Å². The van der Waals surface area contributed by atoms with Gasteiger partial charge in [-0.05, 0) is 49.1 Å². The summed E-state index contributed by atoms with van der Waals surface area (Å²) in [5.41, 5.74) is 1.85. The highest BCUT2D eigenvalue weighted by Gasteiger charge is 2.30. The molecule has 192 valence electrons. The molecule has 36 heavy (non-hydrogen) atoms. The Morgan fingerprint density at radius 2 is 1.92 bits per heavy atom. The molecule has 1 aliphatic heterocycles. The summed E-state index contributed by atoms with van der Waals surface area (Å²) in [6, 6.07) is 6.72. The number of benzene rings is 2. The number of nitrogens with zero attached hydrogens (tertiary/aromatic N) is 1. The summed E-state index contributed by atoms with van der Waals surface area (Å²) in [6.45, 7) is 13.6. The van der Waals surface area contributed by atoms with Crippen LogP contribution in [0.4, 0.5) is 4.79 Å². The quantitative estimate of drug-likeness (QED) is 0.351. The van der Waals surface area contributed by atoms with Crippen LogP contribution in [0, 0.1) is 12.8 Å². The van der Waals surface area contributed by atoms with E-state index in [2.05, 4.69) is 13.2 Å². The molecule has 0 bridgehead atoms. The van der Waals surface area contributed by atoms with E-state index in [1.807, 2.05) is 20.8 Å². The molecular weight excluding hydrogens is 462 g/mol. The second kappa shape index (κ2) is 11.8. The van der Waals surface area contributed by atoms with E-state index in [1.54, 1.807) is 36.4 Å². The van der Waals surface area contributed by atoms with E-state index in [1.165, 1.54) is 12.0 Å². The lowest BCUT2D eigenvalue weighted by molar-refractivity contribution is 0.0453. The number of aliphatic hydroxyl groups is 1. The van der Waals surface area contributed by atoms with Gasteiger partial charge in [0, 0.05) is 24.2 Å². The Morgan fingerprint density at radius 1 is 1.22 bits per heavy atom. The molecule has 1 amide bonds. The predicted octanol–water partition coefficient (Wildman–Crippen LogP) is 5.72. The SMILES string of the molecule is C=CCN(CC=C)C(=O)Oc1cc(C)cc2c1Oc1ccc([C@@H](O)CC(C)C)c(OC)c1C(=O)OC2. The summed E-state index contributed by atoms with van der Waals surface area (Å²) in [5, 5.41) is 10.7. The number of aryl methyl sites for hydroxylation is 1. The molecule has 0 saturated carbocycles. The topological polar surface area (TPSA) is 94.5 Å². The van der Waals surface area contributed by atoms with E-state index in [-0.39, 0.29) is 54.2 Å². The highest BCUT2D eigenvalue weighted by molar-refractivity contribution is 5.96. The molecule has 0 radical (unpaired) electrons. The molecule has 0 saturated heterocycles. The fourth-order valence-corrected chi connectivity index (χ4v) is 4.05. The fourth-order valence-electron chi connectivity index (χ4n) is 4.05. The number of amides is 1. The van der Waals surface area contributed by atoms with Crippen molar-refractivity contribution in [2.75, 3.05) is 20.2 Å². The molecule has 0 aliphatic carbocycles. The first-order valence-electron chi connectivity index (χ1n) is 11.8. The Morgan fingerprint density at radius 3 is 2.53 bits per heavy atom. The Bertz CT molecular complexity index is 1150. The van der Waals surface area contributed by atoms with E-state index in [0.717, 1.165) is 5.56 Å². The zero-order valence-electron chi connectivity index (χ0n) is 21.2. The van der Waals surface area contributed by atoms with Gasteiger partial charge < -0.3 is 29.0 Å². The summed E-state index contributed by atoms with van der Waals surface area (Å²) in [4.78, 5) is 27.3. The van der Waals surface area contributed by atoms with Crippen LogP contribution in [0.5, 0.6) is 23.0 Å². The van der Waals surface area contributed by atoms with Gasteiger partial charge in [0.2, 0.25) is 0 Å². The molecule has 8 nitrogen and oxygen atoms in total. The van der Waals surface area contributed by atoms with Gasteiger partial charge in [0.25, 0.3) is 0 Å². The lowest BCUT2D eigenvalue weighted by Gasteiger charge is -2.25. The molecular formula is C28H33NO7. The first kappa shape index (κ1) is 26.8. The van der Waals surface area contributed by atoms with Gasteiger partial charge in [-0.3, -0.25) is 0 Å².